The lowest BCUT2D eigenvalue weighted by atomic mass is 9.87. The van der Waals surface area contributed by atoms with Crippen molar-refractivity contribution in [2.45, 2.75) is 27.2 Å². The van der Waals surface area contributed by atoms with Crippen molar-refractivity contribution in [3.05, 3.63) is 23.8 Å². The van der Waals surface area contributed by atoms with Crippen LogP contribution in [0.15, 0.2) is 18.2 Å². The van der Waals surface area contributed by atoms with Crippen molar-refractivity contribution >= 4 is 5.78 Å². The molecule has 1 N–H and O–H groups in total. The van der Waals surface area contributed by atoms with Crippen molar-refractivity contribution in [2.75, 3.05) is 7.11 Å². The second-order valence-electron chi connectivity index (χ2n) is 4.86. The highest BCUT2D eigenvalue weighted by molar-refractivity contribution is 5.85. The van der Waals surface area contributed by atoms with E-state index in [9.17, 15) is 9.90 Å². The standard InChI is InChI=1S/C13H18O3/c1-13(2,3)12(15)8-9-5-6-10(14)11(7-9)16-4/h5-7,14H,8H2,1-4H3. The fourth-order valence-corrected chi connectivity index (χ4v) is 1.28. The van der Waals surface area contributed by atoms with E-state index in [0.29, 0.717) is 12.2 Å². The number of carbonyl (C=O) groups excluding carboxylic acids is 1. The molecule has 0 aliphatic heterocycles. The van der Waals surface area contributed by atoms with Gasteiger partial charge in [0.1, 0.15) is 5.78 Å². The molecule has 0 saturated carbocycles. The Balaban J connectivity index is 2.87. The van der Waals surface area contributed by atoms with Crippen molar-refractivity contribution in [1.82, 2.24) is 0 Å². The van der Waals surface area contributed by atoms with Gasteiger partial charge in [0, 0.05) is 11.8 Å². The highest BCUT2D eigenvalue weighted by Crippen LogP contribution is 2.27. The molecule has 3 nitrogen and oxygen atoms in total. The van der Waals surface area contributed by atoms with Crippen LogP contribution in [0.2, 0.25) is 0 Å². The minimum atomic E-state index is -0.342. The van der Waals surface area contributed by atoms with E-state index in [1.807, 2.05) is 20.8 Å². The summed E-state index contributed by atoms with van der Waals surface area (Å²) in [5, 5.41) is 9.42. The molecule has 88 valence electrons. The number of ketones is 1. The van der Waals surface area contributed by atoms with Gasteiger partial charge in [0.2, 0.25) is 0 Å². The molecule has 3 heteroatoms. The van der Waals surface area contributed by atoms with Crippen molar-refractivity contribution in [1.29, 1.82) is 0 Å². The quantitative estimate of drug-likeness (QED) is 0.855. The molecule has 0 saturated heterocycles. The van der Waals surface area contributed by atoms with E-state index in [-0.39, 0.29) is 16.9 Å². The maximum atomic E-state index is 11.8. The third-order valence-corrected chi connectivity index (χ3v) is 2.45. The van der Waals surface area contributed by atoms with Crippen molar-refractivity contribution < 1.29 is 14.6 Å². The number of aromatic hydroxyl groups is 1. The Labute approximate surface area is 96.1 Å². The first-order valence-electron chi connectivity index (χ1n) is 5.24. The molecule has 0 fully saturated rings. The van der Waals surface area contributed by atoms with Crippen LogP contribution in [0.5, 0.6) is 11.5 Å². The Morgan fingerprint density at radius 3 is 2.50 bits per heavy atom. The monoisotopic (exact) mass is 222 g/mol. The number of phenols is 1. The van der Waals surface area contributed by atoms with Gasteiger partial charge in [-0.2, -0.15) is 0 Å². The Bertz CT molecular complexity index is 389. The highest BCUT2D eigenvalue weighted by Gasteiger charge is 2.21. The third-order valence-electron chi connectivity index (χ3n) is 2.45. The minimum Gasteiger partial charge on any atom is -0.504 e. The van der Waals surface area contributed by atoms with Crippen LogP contribution >= 0.6 is 0 Å². The molecule has 0 aliphatic carbocycles. The summed E-state index contributed by atoms with van der Waals surface area (Å²) in [6, 6.07) is 4.98. The van der Waals surface area contributed by atoms with E-state index in [2.05, 4.69) is 0 Å². The number of methoxy groups -OCH3 is 1. The van der Waals surface area contributed by atoms with Crippen molar-refractivity contribution in [3.8, 4) is 11.5 Å². The number of phenolic OH excluding ortho intramolecular Hbond substituents is 1. The highest BCUT2D eigenvalue weighted by atomic mass is 16.5. The average Bonchev–Trinajstić information content (AvgIpc) is 2.19. The van der Waals surface area contributed by atoms with Crippen molar-refractivity contribution in [3.63, 3.8) is 0 Å². The zero-order chi connectivity index (χ0) is 12.3. The lowest BCUT2D eigenvalue weighted by Crippen LogP contribution is -2.22. The maximum absolute atomic E-state index is 11.8. The summed E-state index contributed by atoms with van der Waals surface area (Å²) in [6.07, 6.45) is 0.361. The summed E-state index contributed by atoms with van der Waals surface area (Å²) < 4.78 is 4.99. The van der Waals surface area contributed by atoms with Gasteiger partial charge in [-0.15, -0.1) is 0 Å². The number of rotatable bonds is 3. The van der Waals surface area contributed by atoms with Crippen LogP contribution in [0.1, 0.15) is 26.3 Å². The summed E-state index contributed by atoms with van der Waals surface area (Å²) in [6.45, 7) is 5.69. The Morgan fingerprint density at radius 1 is 1.38 bits per heavy atom. The predicted octanol–water partition coefficient (Wildman–Crippen LogP) is 2.56. The van der Waals surface area contributed by atoms with E-state index in [1.165, 1.54) is 7.11 Å². The second-order valence-corrected chi connectivity index (χ2v) is 4.86. The largest absolute Gasteiger partial charge is 0.504 e. The number of carbonyl (C=O) groups is 1. The molecule has 1 aromatic carbocycles. The lowest BCUT2D eigenvalue weighted by Gasteiger charge is -2.16. The molecule has 0 spiro atoms. The van der Waals surface area contributed by atoms with E-state index in [1.54, 1.807) is 18.2 Å². The summed E-state index contributed by atoms with van der Waals surface area (Å²) in [4.78, 5) is 11.8. The van der Waals surface area contributed by atoms with Gasteiger partial charge in [-0.1, -0.05) is 26.8 Å². The Morgan fingerprint density at radius 2 is 2.00 bits per heavy atom. The zero-order valence-electron chi connectivity index (χ0n) is 10.2. The fraction of sp³-hybridized carbons (Fsp3) is 0.462. The van der Waals surface area contributed by atoms with Gasteiger partial charge < -0.3 is 9.84 Å². The summed E-state index contributed by atoms with van der Waals surface area (Å²) in [7, 11) is 1.49. The molecule has 0 atom stereocenters. The molecule has 0 bridgehead atoms. The molecule has 0 unspecified atom stereocenters. The molecule has 1 aromatic rings. The molecule has 16 heavy (non-hydrogen) atoms. The van der Waals surface area contributed by atoms with Crippen LogP contribution in [-0.4, -0.2) is 18.0 Å². The third kappa shape index (κ3) is 2.99. The predicted molar refractivity (Wildman–Crippen MR) is 62.8 cm³/mol. The molecule has 1 rings (SSSR count). The van der Waals surface area contributed by atoms with Gasteiger partial charge in [0.05, 0.1) is 7.11 Å². The van der Waals surface area contributed by atoms with E-state index >= 15 is 0 Å². The van der Waals surface area contributed by atoms with E-state index in [0.717, 1.165) is 5.56 Å². The first-order valence-corrected chi connectivity index (χ1v) is 5.24. The maximum Gasteiger partial charge on any atom is 0.160 e. The first kappa shape index (κ1) is 12.6. The van der Waals surface area contributed by atoms with Gasteiger partial charge >= 0.3 is 0 Å². The topological polar surface area (TPSA) is 46.5 Å². The van der Waals surface area contributed by atoms with Gasteiger partial charge in [0.25, 0.3) is 0 Å². The molecular weight excluding hydrogens is 204 g/mol. The van der Waals surface area contributed by atoms with Gasteiger partial charge in [0.15, 0.2) is 11.5 Å². The molecular formula is C13H18O3. The summed E-state index contributed by atoms with van der Waals surface area (Å²) >= 11 is 0. The van der Waals surface area contributed by atoms with Gasteiger partial charge in [-0.3, -0.25) is 4.79 Å². The number of hydrogen-bond donors (Lipinski definition) is 1. The summed E-state index contributed by atoms with van der Waals surface area (Å²) in [5.74, 6) is 0.661. The van der Waals surface area contributed by atoms with Crippen LogP contribution in [-0.2, 0) is 11.2 Å². The van der Waals surface area contributed by atoms with E-state index < -0.39 is 0 Å². The number of Topliss-reactive ketones (excluding diaryl/α,β-unsaturated/α-hetero) is 1. The normalized spacial score (nSPS) is 11.2. The van der Waals surface area contributed by atoms with Crippen LogP contribution in [0.25, 0.3) is 0 Å². The van der Waals surface area contributed by atoms with Gasteiger partial charge in [-0.05, 0) is 17.7 Å². The molecule has 0 aromatic heterocycles. The first-order chi connectivity index (χ1) is 7.34. The minimum absolute atomic E-state index is 0.0921. The summed E-state index contributed by atoms with van der Waals surface area (Å²) in [5.41, 5.74) is 0.514. The zero-order valence-corrected chi connectivity index (χ0v) is 10.2. The smallest absolute Gasteiger partial charge is 0.160 e. The number of ether oxygens (including phenoxy) is 1. The average molecular weight is 222 g/mol. The Kier molecular flexibility index (Phi) is 3.58. The number of hydrogen-bond acceptors (Lipinski definition) is 3. The van der Waals surface area contributed by atoms with Crippen LogP contribution in [0, 0.1) is 5.41 Å². The van der Waals surface area contributed by atoms with Crippen LogP contribution in [0.4, 0.5) is 0 Å². The van der Waals surface area contributed by atoms with Crippen LogP contribution < -0.4 is 4.74 Å². The molecule has 0 radical (unpaired) electrons. The second kappa shape index (κ2) is 4.56. The molecule has 0 amide bonds. The number of benzene rings is 1. The molecule has 0 aliphatic rings. The van der Waals surface area contributed by atoms with E-state index in [4.69, 9.17) is 4.74 Å². The fourth-order valence-electron chi connectivity index (χ4n) is 1.28. The van der Waals surface area contributed by atoms with Crippen molar-refractivity contribution in [2.24, 2.45) is 5.41 Å². The SMILES string of the molecule is COc1cc(CC(=O)C(C)(C)C)ccc1O. The lowest BCUT2D eigenvalue weighted by molar-refractivity contribution is -0.125. The Hall–Kier alpha value is -1.51. The van der Waals surface area contributed by atoms with Gasteiger partial charge in [-0.25, -0.2) is 0 Å². The van der Waals surface area contributed by atoms with Crippen LogP contribution in [0.3, 0.4) is 0 Å². The molecule has 0 heterocycles.